The third kappa shape index (κ3) is 2.47. The van der Waals surface area contributed by atoms with E-state index in [-0.39, 0.29) is 0 Å². The number of aromatic nitrogens is 1. The predicted octanol–water partition coefficient (Wildman–Crippen LogP) is 4.03. The fourth-order valence-corrected chi connectivity index (χ4v) is 3.38. The van der Waals surface area contributed by atoms with Crippen molar-refractivity contribution in [2.45, 2.75) is 19.4 Å². The fraction of sp³-hybridized carbons (Fsp3) is 0.188. The average Bonchev–Trinajstić information content (AvgIpc) is 3.02. The van der Waals surface area contributed by atoms with Crippen LogP contribution in [0.3, 0.4) is 0 Å². The molecule has 0 bridgehead atoms. The van der Waals surface area contributed by atoms with E-state index in [4.69, 9.17) is 0 Å². The molecule has 1 aromatic carbocycles. The molecule has 2 heterocycles. The van der Waals surface area contributed by atoms with Gasteiger partial charge in [-0.2, -0.15) is 0 Å². The van der Waals surface area contributed by atoms with Crippen LogP contribution in [0.4, 0.5) is 0 Å². The molecule has 0 aliphatic rings. The van der Waals surface area contributed by atoms with Crippen molar-refractivity contribution in [3.63, 3.8) is 0 Å². The van der Waals surface area contributed by atoms with Crippen molar-refractivity contribution in [1.82, 2.24) is 4.57 Å². The minimum atomic E-state index is -0.854. The minimum absolute atomic E-state index is 0.389. The molecule has 0 saturated heterocycles. The quantitative estimate of drug-likeness (QED) is 0.769. The molecule has 0 radical (unpaired) electrons. The molecule has 1 N–H and O–H groups in total. The lowest BCUT2D eigenvalue weighted by Crippen LogP contribution is -2.08. The average molecular weight is 285 g/mol. The van der Waals surface area contributed by atoms with E-state index in [0.717, 1.165) is 29.6 Å². The minimum Gasteiger partial charge on any atom is -0.477 e. The highest BCUT2D eigenvalue weighted by Gasteiger charge is 2.14. The summed E-state index contributed by atoms with van der Waals surface area (Å²) in [5.41, 5.74) is 1.68. The first-order chi connectivity index (χ1) is 9.75. The first-order valence-electron chi connectivity index (χ1n) is 6.59. The van der Waals surface area contributed by atoms with Gasteiger partial charge in [0.2, 0.25) is 0 Å². The van der Waals surface area contributed by atoms with E-state index in [1.807, 2.05) is 34.2 Å². The van der Waals surface area contributed by atoms with Crippen LogP contribution in [0.5, 0.6) is 0 Å². The van der Waals surface area contributed by atoms with Crippen LogP contribution < -0.4 is 0 Å². The Labute approximate surface area is 121 Å². The van der Waals surface area contributed by atoms with Crippen LogP contribution in [0, 0.1) is 0 Å². The van der Waals surface area contributed by atoms with E-state index in [9.17, 15) is 9.90 Å². The van der Waals surface area contributed by atoms with Gasteiger partial charge in [0.25, 0.3) is 0 Å². The van der Waals surface area contributed by atoms with Crippen LogP contribution in [0.25, 0.3) is 10.2 Å². The Kier molecular flexibility index (Phi) is 3.56. The highest BCUT2D eigenvalue weighted by atomic mass is 32.1. The molecule has 3 rings (SSSR count). The number of aromatic carboxylic acids is 1. The second-order valence-corrected chi connectivity index (χ2v) is 5.65. The number of carbonyl (C=O) groups is 1. The van der Waals surface area contributed by atoms with E-state index >= 15 is 0 Å². The van der Waals surface area contributed by atoms with Crippen molar-refractivity contribution in [2.24, 2.45) is 0 Å². The highest BCUT2D eigenvalue weighted by Crippen LogP contribution is 2.26. The summed E-state index contributed by atoms with van der Waals surface area (Å²) in [6, 6.07) is 14.0. The molecular formula is C16H15NO2S. The van der Waals surface area contributed by atoms with Crippen LogP contribution in [-0.4, -0.2) is 15.6 Å². The lowest BCUT2D eigenvalue weighted by Gasteiger charge is -2.07. The number of benzene rings is 1. The fourth-order valence-electron chi connectivity index (χ4n) is 2.46. The van der Waals surface area contributed by atoms with Crippen molar-refractivity contribution in [3.05, 3.63) is 59.1 Å². The molecule has 0 unspecified atom stereocenters. The molecule has 0 fully saturated rings. The largest absolute Gasteiger partial charge is 0.477 e. The highest BCUT2D eigenvalue weighted by molar-refractivity contribution is 7.16. The summed E-state index contributed by atoms with van der Waals surface area (Å²) in [4.78, 5) is 12.4. The zero-order valence-corrected chi connectivity index (χ0v) is 11.8. The number of hydrogen-bond donors (Lipinski definition) is 1. The lowest BCUT2D eigenvalue weighted by atomic mass is 10.1. The summed E-state index contributed by atoms with van der Waals surface area (Å²) in [6.45, 7) is 0.737. The zero-order valence-electron chi connectivity index (χ0n) is 11.0. The Morgan fingerprint density at radius 2 is 2.00 bits per heavy atom. The van der Waals surface area contributed by atoms with Gasteiger partial charge in [0.1, 0.15) is 10.5 Å². The monoisotopic (exact) mass is 285 g/mol. The van der Waals surface area contributed by atoms with Gasteiger partial charge < -0.3 is 9.67 Å². The molecule has 0 aliphatic carbocycles. The van der Waals surface area contributed by atoms with Crippen molar-refractivity contribution in [3.8, 4) is 0 Å². The van der Waals surface area contributed by atoms with E-state index in [1.54, 1.807) is 17.4 Å². The lowest BCUT2D eigenvalue weighted by molar-refractivity contribution is 0.0685. The maximum absolute atomic E-state index is 11.3. The molecule has 102 valence electrons. The first kappa shape index (κ1) is 12.9. The van der Waals surface area contributed by atoms with Crippen molar-refractivity contribution >= 4 is 27.5 Å². The van der Waals surface area contributed by atoms with Gasteiger partial charge in [0.15, 0.2) is 0 Å². The van der Waals surface area contributed by atoms with Crippen LogP contribution in [0.15, 0.2) is 47.8 Å². The zero-order chi connectivity index (χ0) is 13.9. The van der Waals surface area contributed by atoms with Gasteiger partial charge in [-0.25, -0.2) is 4.79 Å². The van der Waals surface area contributed by atoms with Crippen LogP contribution >= 0.6 is 11.3 Å². The smallest absolute Gasteiger partial charge is 0.352 e. The molecule has 3 nitrogen and oxygen atoms in total. The van der Waals surface area contributed by atoms with Gasteiger partial charge in [-0.05, 0) is 35.9 Å². The van der Waals surface area contributed by atoms with Gasteiger partial charge in [0.05, 0.1) is 0 Å². The number of fused-ring (bicyclic) bond motifs is 1. The molecule has 0 aliphatic heterocycles. The second kappa shape index (κ2) is 5.51. The van der Waals surface area contributed by atoms with Crippen molar-refractivity contribution in [1.29, 1.82) is 0 Å². The summed E-state index contributed by atoms with van der Waals surface area (Å²) in [5, 5.41) is 12.3. The van der Waals surface area contributed by atoms with Gasteiger partial charge >= 0.3 is 5.97 Å². The molecule has 2 aromatic heterocycles. The number of rotatable bonds is 5. The second-order valence-electron chi connectivity index (χ2n) is 4.76. The molecule has 0 saturated carbocycles. The summed E-state index contributed by atoms with van der Waals surface area (Å²) in [6.07, 6.45) is 1.90. The van der Waals surface area contributed by atoms with Gasteiger partial charge in [-0.1, -0.05) is 30.3 Å². The third-order valence-corrected chi connectivity index (χ3v) is 4.36. The Morgan fingerprint density at radius 3 is 2.75 bits per heavy atom. The molecule has 0 spiro atoms. The summed E-state index contributed by atoms with van der Waals surface area (Å²) >= 11 is 1.60. The van der Waals surface area contributed by atoms with Gasteiger partial charge in [-0.3, -0.25) is 0 Å². The Morgan fingerprint density at radius 1 is 1.20 bits per heavy atom. The summed E-state index contributed by atoms with van der Waals surface area (Å²) in [7, 11) is 0. The molecule has 4 heteroatoms. The SMILES string of the molecule is O=C(O)c1cc2ccsc2n1CCCc1ccccc1. The molecule has 0 amide bonds. The number of hydrogen-bond acceptors (Lipinski definition) is 2. The molecular weight excluding hydrogens is 270 g/mol. The molecule has 3 aromatic rings. The standard InChI is InChI=1S/C16H15NO2S/c18-16(19)14-11-13-8-10-20-15(13)17(14)9-4-7-12-5-2-1-3-6-12/h1-3,5-6,8,10-11H,4,7,9H2,(H,18,19). The third-order valence-electron chi connectivity index (χ3n) is 3.41. The van der Waals surface area contributed by atoms with Crippen molar-refractivity contribution < 1.29 is 9.90 Å². The Hall–Kier alpha value is -2.07. The Balaban J connectivity index is 1.78. The predicted molar refractivity (Wildman–Crippen MR) is 81.5 cm³/mol. The summed E-state index contributed by atoms with van der Waals surface area (Å²) < 4.78 is 1.92. The maximum atomic E-state index is 11.3. The summed E-state index contributed by atoms with van der Waals surface area (Å²) in [5.74, 6) is -0.854. The maximum Gasteiger partial charge on any atom is 0.352 e. The van der Waals surface area contributed by atoms with E-state index in [0.29, 0.717) is 5.69 Å². The van der Waals surface area contributed by atoms with E-state index in [2.05, 4.69) is 12.1 Å². The van der Waals surface area contributed by atoms with E-state index < -0.39 is 5.97 Å². The molecule has 20 heavy (non-hydrogen) atoms. The van der Waals surface area contributed by atoms with Gasteiger partial charge in [0, 0.05) is 11.9 Å². The number of nitrogens with zero attached hydrogens (tertiary/aromatic N) is 1. The number of carboxylic acid groups (broad SMARTS) is 1. The number of thiophene rings is 1. The van der Waals surface area contributed by atoms with Crippen molar-refractivity contribution in [2.75, 3.05) is 0 Å². The van der Waals surface area contributed by atoms with Crippen LogP contribution in [-0.2, 0) is 13.0 Å². The normalized spacial score (nSPS) is 11.0. The number of aryl methyl sites for hydroxylation is 2. The first-order valence-corrected chi connectivity index (χ1v) is 7.47. The Bertz CT molecular complexity index is 727. The topological polar surface area (TPSA) is 42.2 Å². The molecule has 0 atom stereocenters. The van der Waals surface area contributed by atoms with Crippen LogP contribution in [0.2, 0.25) is 0 Å². The van der Waals surface area contributed by atoms with Gasteiger partial charge in [-0.15, -0.1) is 11.3 Å². The van der Waals surface area contributed by atoms with Crippen LogP contribution in [0.1, 0.15) is 22.5 Å². The van der Waals surface area contributed by atoms with E-state index in [1.165, 1.54) is 5.56 Å². The number of carboxylic acids is 1.